The number of aliphatic carboxylic acids is 1. The Morgan fingerprint density at radius 2 is 1.95 bits per heavy atom. The van der Waals surface area contributed by atoms with Gasteiger partial charge in [0.1, 0.15) is 0 Å². The fraction of sp³-hybridized carbons (Fsp3) is 0.529. The van der Waals surface area contributed by atoms with Gasteiger partial charge >= 0.3 is 5.97 Å². The number of benzene rings is 1. The van der Waals surface area contributed by atoms with Crippen LogP contribution in [0.2, 0.25) is 0 Å². The average molecular weight is 289 g/mol. The van der Waals surface area contributed by atoms with Gasteiger partial charge < -0.3 is 10.0 Å². The van der Waals surface area contributed by atoms with E-state index in [0.717, 1.165) is 19.4 Å². The average Bonchev–Trinajstić information content (AvgIpc) is 2.46. The molecule has 1 N–H and O–H groups in total. The van der Waals surface area contributed by atoms with Crippen molar-refractivity contribution in [2.45, 2.75) is 39.0 Å². The molecule has 1 heterocycles. The zero-order valence-corrected chi connectivity index (χ0v) is 12.7. The summed E-state index contributed by atoms with van der Waals surface area (Å²) in [5.74, 6) is -0.241. The van der Waals surface area contributed by atoms with Crippen LogP contribution in [0.1, 0.15) is 54.9 Å². The number of likely N-dealkylation sites (tertiary alicyclic amines) is 1. The van der Waals surface area contributed by atoms with E-state index < -0.39 is 5.97 Å². The number of carboxylic acids is 1. The zero-order valence-electron chi connectivity index (χ0n) is 12.7. The smallest absolute Gasteiger partial charge is 0.303 e. The Morgan fingerprint density at radius 1 is 1.29 bits per heavy atom. The molecule has 2 rings (SSSR count). The number of piperidine rings is 1. The molecule has 1 amide bonds. The maximum absolute atomic E-state index is 12.5. The van der Waals surface area contributed by atoms with E-state index in [0.29, 0.717) is 18.0 Å². The molecule has 0 radical (unpaired) electrons. The van der Waals surface area contributed by atoms with Crippen molar-refractivity contribution < 1.29 is 14.7 Å². The Balaban J connectivity index is 2.03. The Hall–Kier alpha value is -1.84. The number of carbonyl (C=O) groups is 2. The molecule has 1 aromatic carbocycles. The van der Waals surface area contributed by atoms with Crippen LogP contribution in [-0.4, -0.2) is 35.0 Å². The second kappa shape index (κ2) is 6.74. The molecule has 4 heteroatoms. The lowest BCUT2D eigenvalue weighted by Gasteiger charge is -2.32. The van der Waals surface area contributed by atoms with E-state index in [2.05, 4.69) is 13.8 Å². The minimum absolute atomic E-state index is 0.0143. The fourth-order valence-corrected chi connectivity index (χ4v) is 2.86. The Labute approximate surface area is 125 Å². The molecule has 1 saturated heterocycles. The van der Waals surface area contributed by atoms with E-state index in [9.17, 15) is 9.59 Å². The van der Waals surface area contributed by atoms with Crippen LogP contribution in [0.25, 0.3) is 0 Å². The van der Waals surface area contributed by atoms with Crippen LogP contribution >= 0.6 is 0 Å². The summed E-state index contributed by atoms with van der Waals surface area (Å²) >= 11 is 0. The molecular weight excluding hydrogens is 266 g/mol. The monoisotopic (exact) mass is 289 g/mol. The largest absolute Gasteiger partial charge is 0.481 e. The van der Waals surface area contributed by atoms with E-state index in [4.69, 9.17) is 5.11 Å². The van der Waals surface area contributed by atoms with Gasteiger partial charge in [0.25, 0.3) is 5.91 Å². The fourth-order valence-electron chi connectivity index (χ4n) is 2.86. The van der Waals surface area contributed by atoms with Crippen LogP contribution in [0.4, 0.5) is 0 Å². The highest BCUT2D eigenvalue weighted by Crippen LogP contribution is 2.22. The summed E-state index contributed by atoms with van der Waals surface area (Å²) in [4.78, 5) is 25.1. The Kier molecular flexibility index (Phi) is 4.99. The van der Waals surface area contributed by atoms with Crippen LogP contribution < -0.4 is 0 Å². The minimum atomic E-state index is -0.782. The SMILES string of the molecule is CC(C)c1ccc(C(=O)N2CCCC(CC(=O)O)C2)cc1. The Bertz CT molecular complexity index is 507. The lowest BCUT2D eigenvalue weighted by Crippen LogP contribution is -2.40. The normalized spacial score (nSPS) is 18.8. The molecular formula is C17H23NO3. The van der Waals surface area contributed by atoms with Gasteiger partial charge in [0.15, 0.2) is 0 Å². The van der Waals surface area contributed by atoms with Gasteiger partial charge in [0.2, 0.25) is 0 Å². The second-order valence-corrected chi connectivity index (χ2v) is 6.13. The van der Waals surface area contributed by atoms with E-state index in [1.165, 1.54) is 5.56 Å². The zero-order chi connectivity index (χ0) is 15.4. The van der Waals surface area contributed by atoms with Crippen molar-refractivity contribution in [3.05, 3.63) is 35.4 Å². The first-order valence-corrected chi connectivity index (χ1v) is 7.58. The van der Waals surface area contributed by atoms with Gasteiger partial charge in [-0.25, -0.2) is 0 Å². The number of hydrogen-bond donors (Lipinski definition) is 1. The van der Waals surface area contributed by atoms with Crippen molar-refractivity contribution in [1.82, 2.24) is 4.90 Å². The topological polar surface area (TPSA) is 57.6 Å². The van der Waals surface area contributed by atoms with Crippen LogP contribution in [0.15, 0.2) is 24.3 Å². The molecule has 4 nitrogen and oxygen atoms in total. The van der Waals surface area contributed by atoms with E-state index in [1.807, 2.05) is 24.3 Å². The molecule has 1 aliphatic rings. The molecule has 0 spiro atoms. The summed E-state index contributed by atoms with van der Waals surface area (Å²) in [6, 6.07) is 7.74. The van der Waals surface area contributed by atoms with E-state index in [1.54, 1.807) is 4.90 Å². The molecule has 1 fully saturated rings. The number of carboxylic acid groups (broad SMARTS) is 1. The Morgan fingerprint density at radius 3 is 2.52 bits per heavy atom. The third-order valence-electron chi connectivity index (χ3n) is 4.09. The lowest BCUT2D eigenvalue weighted by atomic mass is 9.94. The van der Waals surface area contributed by atoms with Crippen LogP contribution in [0, 0.1) is 5.92 Å². The van der Waals surface area contributed by atoms with Crippen LogP contribution in [-0.2, 0) is 4.79 Å². The summed E-state index contributed by atoms with van der Waals surface area (Å²) < 4.78 is 0. The maximum Gasteiger partial charge on any atom is 0.303 e. The highest BCUT2D eigenvalue weighted by Gasteiger charge is 2.25. The first kappa shape index (κ1) is 15.5. The highest BCUT2D eigenvalue weighted by molar-refractivity contribution is 5.94. The highest BCUT2D eigenvalue weighted by atomic mass is 16.4. The van der Waals surface area contributed by atoms with E-state index >= 15 is 0 Å². The molecule has 1 unspecified atom stereocenters. The van der Waals surface area contributed by atoms with Crippen LogP contribution in [0.3, 0.4) is 0 Å². The van der Waals surface area contributed by atoms with Crippen molar-refractivity contribution in [1.29, 1.82) is 0 Å². The summed E-state index contributed by atoms with van der Waals surface area (Å²) in [5, 5.41) is 8.89. The lowest BCUT2D eigenvalue weighted by molar-refractivity contribution is -0.138. The molecule has 0 saturated carbocycles. The molecule has 114 valence electrons. The third kappa shape index (κ3) is 4.06. The van der Waals surface area contributed by atoms with Crippen LogP contribution in [0.5, 0.6) is 0 Å². The second-order valence-electron chi connectivity index (χ2n) is 6.13. The number of carbonyl (C=O) groups excluding carboxylic acids is 1. The maximum atomic E-state index is 12.5. The van der Waals surface area contributed by atoms with Crippen molar-refractivity contribution in [2.75, 3.05) is 13.1 Å². The molecule has 0 bridgehead atoms. The molecule has 1 atom stereocenters. The standard InChI is InChI=1S/C17H23NO3/c1-12(2)14-5-7-15(8-6-14)17(21)18-9-3-4-13(11-18)10-16(19)20/h5-8,12-13H,3-4,9-11H2,1-2H3,(H,19,20). The number of nitrogens with zero attached hydrogens (tertiary/aromatic N) is 1. The van der Waals surface area contributed by atoms with Gasteiger partial charge in [-0.15, -0.1) is 0 Å². The molecule has 0 aliphatic carbocycles. The molecule has 1 aromatic rings. The van der Waals surface area contributed by atoms with Crippen molar-refractivity contribution in [3.8, 4) is 0 Å². The van der Waals surface area contributed by atoms with Crippen molar-refractivity contribution in [2.24, 2.45) is 5.92 Å². The molecule has 1 aliphatic heterocycles. The van der Waals surface area contributed by atoms with Gasteiger partial charge in [0, 0.05) is 25.1 Å². The first-order chi connectivity index (χ1) is 9.97. The predicted octanol–water partition coefficient (Wildman–Crippen LogP) is 3.14. The van der Waals surface area contributed by atoms with Gasteiger partial charge in [-0.05, 0) is 42.4 Å². The van der Waals surface area contributed by atoms with Crippen molar-refractivity contribution in [3.63, 3.8) is 0 Å². The summed E-state index contributed by atoms with van der Waals surface area (Å²) in [6.07, 6.45) is 1.92. The number of hydrogen-bond acceptors (Lipinski definition) is 2. The van der Waals surface area contributed by atoms with Gasteiger partial charge in [-0.2, -0.15) is 0 Å². The quantitative estimate of drug-likeness (QED) is 0.926. The summed E-state index contributed by atoms with van der Waals surface area (Å²) in [6.45, 7) is 5.52. The third-order valence-corrected chi connectivity index (χ3v) is 4.09. The van der Waals surface area contributed by atoms with Gasteiger partial charge in [-0.3, -0.25) is 9.59 Å². The number of amides is 1. The minimum Gasteiger partial charge on any atom is -0.481 e. The summed E-state index contributed by atoms with van der Waals surface area (Å²) in [5.41, 5.74) is 1.91. The van der Waals surface area contributed by atoms with E-state index in [-0.39, 0.29) is 18.2 Å². The van der Waals surface area contributed by atoms with Crippen molar-refractivity contribution >= 4 is 11.9 Å². The predicted molar refractivity (Wildman–Crippen MR) is 81.4 cm³/mol. The molecule has 0 aromatic heterocycles. The van der Waals surface area contributed by atoms with Gasteiger partial charge in [-0.1, -0.05) is 26.0 Å². The molecule has 21 heavy (non-hydrogen) atoms. The van der Waals surface area contributed by atoms with Gasteiger partial charge in [0.05, 0.1) is 0 Å². The first-order valence-electron chi connectivity index (χ1n) is 7.58. The summed E-state index contributed by atoms with van der Waals surface area (Å²) in [7, 11) is 0. The number of rotatable bonds is 4.